The Labute approximate surface area is 166 Å². The summed E-state index contributed by atoms with van der Waals surface area (Å²) in [5.74, 6) is 0.580. The van der Waals surface area contributed by atoms with Gasteiger partial charge in [0.25, 0.3) is 5.91 Å². The van der Waals surface area contributed by atoms with E-state index in [0.717, 1.165) is 18.5 Å². The monoisotopic (exact) mass is 393 g/mol. The minimum absolute atomic E-state index is 0.0547. The van der Waals surface area contributed by atoms with E-state index in [0.29, 0.717) is 29.5 Å². The SMILES string of the molecule is Cc1cnc(NC2CC3CC2N(C(=O)c2ccc(F)cc2-n2nccn2)C3)cn1. The summed E-state index contributed by atoms with van der Waals surface area (Å²) in [5, 5.41) is 11.6. The molecule has 3 unspecified atom stereocenters. The second kappa shape index (κ2) is 6.91. The Balaban J connectivity index is 1.40. The summed E-state index contributed by atoms with van der Waals surface area (Å²) < 4.78 is 13.8. The first-order valence-electron chi connectivity index (χ1n) is 9.61. The fourth-order valence-corrected chi connectivity index (χ4v) is 4.42. The number of likely N-dealkylation sites (tertiary alicyclic amines) is 1. The average Bonchev–Trinajstić information content (AvgIpc) is 3.46. The molecule has 5 rings (SSSR count). The molecule has 1 amide bonds. The highest BCUT2D eigenvalue weighted by molar-refractivity contribution is 5.98. The third kappa shape index (κ3) is 3.22. The number of carbonyl (C=O) groups excluding carboxylic acids is 1. The van der Waals surface area contributed by atoms with Crippen molar-refractivity contribution in [1.29, 1.82) is 0 Å². The second-order valence-corrected chi connectivity index (χ2v) is 7.64. The summed E-state index contributed by atoms with van der Waals surface area (Å²) in [5.41, 5.74) is 1.59. The van der Waals surface area contributed by atoms with E-state index in [9.17, 15) is 9.18 Å². The number of rotatable bonds is 4. The Kier molecular flexibility index (Phi) is 4.22. The van der Waals surface area contributed by atoms with Crippen molar-refractivity contribution in [3.05, 3.63) is 60.1 Å². The second-order valence-electron chi connectivity index (χ2n) is 7.64. The van der Waals surface area contributed by atoms with Gasteiger partial charge >= 0.3 is 0 Å². The summed E-state index contributed by atoms with van der Waals surface area (Å²) in [6.07, 6.45) is 8.37. The number of halogens is 1. The molecule has 3 aromatic rings. The van der Waals surface area contributed by atoms with Gasteiger partial charge < -0.3 is 10.2 Å². The number of fused-ring (bicyclic) bond motifs is 2. The van der Waals surface area contributed by atoms with Gasteiger partial charge in [-0.05, 0) is 37.8 Å². The van der Waals surface area contributed by atoms with E-state index in [1.54, 1.807) is 12.4 Å². The van der Waals surface area contributed by atoms with Gasteiger partial charge in [-0.1, -0.05) is 0 Å². The molecule has 0 radical (unpaired) electrons. The Bertz CT molecular complexity index is 1040. The molecule has 1 aliphatic carbocycles. The molecular weight excluding hydrogens is 373 g/mol. The largest absolute Gasteiger partial charge is 0.364 e. The molecule has 1 N–H and O–H groups in total. The van der Waals surface area contributed by atoms with Crippen molar-refractivity contribution in [3.63, 3.8) is 0 Å². The van der Waals surface area contributed by atoms with Crippen molar-refractivity contribution in [2.75, 3.05) is 11.9 Å². The van der Waals surface area contributed by atoms with Gasteiger partial charge in [0, 0.05) is 18.7 Å². The molecule has 2 bridgehead atoms. The maximum absolute atomic E-state index is 13.8. The fourth-order valence-electron chi connectivity index (χ4n) is 4.42. The zero-order valence-electron chi connectivity index (χ0n) is 15.9. The topological polar surface area (TPSA) is 88.8 Å². The van der Waals surface area contributed by atoms with E-state index in [2.05, 4.69) is 25.5 Å². The van der Waals surface area contributed by atoms with Crippen LogP contribution < -0.4 is 5.32 Å². The lowest BCUT2D eigenvalue weighted by molar-refractivity contribution is 0.0691. The summed E-state index contributed by atoms with van der Waals surface area (Å²) in [6.45, 7) is 2.59. The van der Waals surface area contributed by atoms with Gasteiger partial charge in [0.1, 0.15) is 17.3 Å². The van der Waals surface area contributed by atoms with Crippen LogP contribution in [0.25, 0.3) is 5.69 Å². The number of piperidine rings is 1. The lowest BCUT2D eigenvalue weighted by Crippen LogP contribution is -2.48. The average molecular weight is 393 g/mol. The number of hydrogen-bond acceptors (Lipinski definition) is 6. The van der Waals surface area contributed by atoms with Gasteiger partial charge in [-0.15, -0.1) is 0 Å². The Hall–Kier alpha value is -3.36. The van der Waals surface area contributed by atoms with Crippen molar-refractivity contribution in [2.24, 2.45) is 5.92 Å². The zero-order chi connectivity index (χ0) is 20.0. The van der Waals surface area contributed by atoms with E-state index in [1.165, 1.54) is 35.4 Å². The van der Waals surface area contributed by atoms with E-state index >= 15 is 0 Å². The summed E-state index contributed by atoms with van der Waals surface area (Å²) in [4.78, 5) is 25.2. The number of benzene rings is 1. The summed E-state index contributed by atoms with van der Waals surface area (Å²) in [7, 11) is 0. The minimum atomic E-state index is -0.436. The molecule has 2 fully saturated rings. The number of hydrogen-bond donors (Lipinski definition) is 1. The molecule has 2 aromatic heterocycles. The highest BCUT2D eigenvalue weighted by Gasteiger charge is 2.47. The highest BCUT2D eigenvalue weighted by Crippen LogP contribution is 2.40. The van der Waals surface area contributed by atoms with Gasteiger partial charge in [0.05, 0.1) is 42.1 Å². The molecule has 8 nitrogen and oxygen atoms in total. The third-order valence-corrected chi connectivity index (χ3v) is 5.68. The molecule has 29 heavy (non-hydrogen) atoms. The summed E-state index contributed by atoms with van der Waals surface area (Å²) in [6, 6.07) is 4.27. The fraction of sp³-hybridized carbons (Fsp3) is 0.350. The van der Waals surface area contributed by atoms with E-state index in [-0.39, 0.29) is 18.0 Å². The number of aryl methyl sites for hydroxylation is 1. The number of carbonyl (C=O) groups is 1. The van der Waals surface area contributed by atoms with Gasteiger partial charge in [-0.2, -0.15) is 15.0 Å². The Morgan fingerprint density at radius 3 is 2.72 bits per heavy atom. The molecule has 1 saturated carbocycles. The van der Waals surface area contributed by atoms with Gasteiger partial charge in [-0.25, -0.2) is 9.37 Å². The molecule has 1 aliphatic heterocycles. The number of nitrogens with one attached hydrogen (secondary N) is 1. The number of amides is 1. The van der Waals surface area contributed by atoms with Crippen LogP contribution in [0.2, 0.25) is 0 Å². The third-order valence-electron chi connectivity index (χ3n) is 5.68. The van der Waals surface area contributed by atoms with Crippen molar-refractivity contribution in [2.45, 2.75) is 31.8 Å². The lowest BCUT2D eigenvalue weighted by atomic mass is 10.0. The maximum atomic E-state index is 13.8. The van der Waals surface area contributed by atoms with E-state index in [1.807, 2.05) is 11.8 Å². The van der Waals surface area contributed by atoms with Crippen LogP contribution in [0.15, 0.2) is 43.0 Å². The predicted molar refractivity (Wildman–Crippen MR) is 103 cm³/mol. The lowest BCUT2D eigenvalue weighted by Gasteiger charge is -2.34. The smallest absolute Gasteiger partial charge is 0.256 e. The van der Waals surface area contributed by atoms with Crippen molar-refractivity contribution < 1.29 is 9.18 Å². The maximum Gasteiger partial charge on any atom is 0.256 e. The molecule has 3 heterocycles. The van der Waals surface area contributed by atoms with Gasteiger partial charge in [-0.3, -0.25) is 9.78 Å². The normalized spacial score (nSPS) is 22.8. The number of nitrogens with zero attached hydrogens (tertiary/aromatic N) is 6. The molecular formula is C20H20FN7O. The number of anilines is 1. The standard InChI is InChI=1S/C20H20FN7O/c1-12-9-23-19(10-22-12)26-16-6-13-7-18(16)27(11-13)20(29)15-3-2-14(21)8-17(15)28-24-4-5-25-28/h2-5,8-10,13,16,18H,6-7,11H2,1H3,(H,23,26). The van der Waals surface area contributed by atoms with Crippen molar-refractivity contribution >= 4 is 11.7 Å². The molecule has 148 valence electrons. The van der Waals surface area contributed by atoms with Crippen molar-refractivity contribution in [3.8, 4) is 5.69 Å². The molecule has 9 heteroatoms. The van der Waals surface area contributed by atoms with Gasteiger partial charge in [0.2, 0.25) is 0 Å². The molecule has 0 spiro atoms. The molecule has 1 aromatic carbocycles. The van der Waals surface area contributed by atoms with Crippen LogP contribution in [-0.4, -0.2) is 54.4 Å². The summed E-state index contributed by atoms with van der Waals surface area (Å²) >= 11 is 0. The molecule has 2 aliphatic rings. The van der Waals surface area contributed by atoms with Crippen LogP contribution in [0.1, 0.15) is 28.9 Å². The first-order valence-corrected chi connectivity index (χ1v) is 9.61. The quantitative estimate of drug-likeness (QED) is 0.731. The first-order chi connectivity index (χ1) is 14.1. The predicted octanol–water partition coefficient (Wildman–Crippen LogP) is 2.22. The number of aromatic nitrogens is 5. The van der Waals surface area contributed by atoms with Crippen LogP contribution in [0.5, 0.6) is 0 Å². The zero-order valence-corrected chi connectivity index (χ0v) is 15.9. The van der Waals surface area contributed by atoms with Gasteiger partial charge in [0.15, 0.2) is 0 Å². The molecule has 3 atom stereocenters. The van der Waals surface area contributed by atoms with Crippen LogP contribution in [0, 0.1) is 18.7 Å². The van der Waals surface area contributed by atoms with Crippen LogP contribution in [-0.2, 0) is 0 Å². The Morgan fingerprint density at radius 1 is 1.17 bits per heavy atom. The van der Waals surface area contributed by atoms with Crippen molar-refractivity contribution in [1.82, 2.24) is 29.9 Å². The van der Waals surface area contributed by atoms with Crippen LogP contribution in [0.4, 0.5) is 10.2 Å². The van der Waals surface area contributed by atoms with Crippen LogP contribution >= 0.6 is 0 Å². The Morgan fingerprint density at radius 2 is 2.00 bits per heavy atom. The minimum Gasteiger partial charge on any atom is -0.364 e. The van der Waals surface area contributed by atoms with E-state index in [4.69, 9.17) is 0 Å². The highest BCUT2D eigenvalue weighted by atomic mass is 19.1. The van der Waals surface area contributed by atoms with Crippen LogP contribution in [0.3, 0.4) is 0 Å². The molecule has 1 saturated heterocycles. The first kappa shape index (κ1) is 17.7. The van der Waals surface area contributed by atoms with E-state index < -0.39 is 5.82 Å².